The SMILES string of the molecule is CCOC(=O)c1c(-c2ccccc2)csc1NC(=O)[C@H](C)OC(=O)C1(c2ccc(F)cc2)CCCC1. The van der Waals surface area contributed by atoms with Crippen LogP contribution in [0.3, 0.4) is 0 Å². The molecule has 1 heterocycles. The molecular formula is C28H28FNO5S. The lowest BCUT2D eigenvalue weighted by Crippen LogP contribution is -2.40. The number of amides is 1. The van der Waals surface area contributed by atoms with Crippen LogP contribution >= 0.6 is 11.3 Å². The fourth-order valence-corrected chi connectivity index (χ4v) is 5.54. The van der Waals surface area contributed by atoms with Gasteiger partial charge in [0.15, 0.2) is 6.10 Å². The number of thiophene rings is 1. The Morgan fingerprint density at radius 2 is 1.72 bits per heavy atom. The number of benzene rings is 2. The summed E-state index contributed by atoms with van der Waals surface area (Å²) in [6.45, 7) is 3.40. The number of rotatable bonds is 8. The Morgan fingerprint density at radius 1 is 1.06 bits per heavy atom. The van der Waals surface area contributed by atoms with Crippen LogP contribution in [0.2, 0.25) is 0 Å². The molecule has 8 heteroatoms. The summed E-state index contributed by atoms with van der Waals surface area (Å²) >= 11 is 1.20. The van der Waals surface area contributed by atoms with E-state index in [0.717, 1.165) is 18.4 Å². The Morgan fingerprint density at radius 3 is 2.36 bits per heavy atom. The zero-order valence-electron chi connectivity index (χ0n) is 20.2. The summed E-state index contributed by atoms with van der Waals surface area (Å²) < 4.78 is 24.3. The molecule has 0 aliphatic heterocycles. The van der Waals surface area contributed by atoms with Gasteiger partial charge in [-0.1, -0.05) is 55.3 Å². The zero-order chi connectivity index (χ0) is 25.7. The lowest BCUT2D eigenvalue weighted by Gasteiger charge is -2.28. The van der Waals surface area contributed by atoms with E-state index in [9.17, 15) is 18.8 Å². The van der Waals surface area contributed by atoms with Gasteiger partial charge in [0.2, 0.25) is 0 Å². The summed E-state index contributed by atoms with van der Waals surface area (Å²) in [5.74, 6) is -1.98. The molecule has 1 atom stereocenters. The molecule has 0 radical (unpaired) electrons. The van der Waals surface area contributed by atoms with E-state index in [1.807, 2.05) is 30.3 Å². The molecule has 1 N–H and O–H groups in total. The van der Waals surface area contributed by atoms with E-state index < -0.39 is 29.4 Å². The molecule has 0 unspecified atom stereocenters. The number of halogens is 1. The van der Waals surface area contributed by atoms with Gasteiger partial charge in [0.1, 0.15) is 16.4 Å². The molecule has 188 valence electrons. The minimum atomic E-state index is -1.10. The van der Waals surface area contributed by atoms with Crippen LogP contribution in [0.15, 0.2) is 60.0 Å². The lowest BCUT2D eigenvalue weighted by atomic mass is 9.79. The molecule has 1 saturated carbocycles. The third-order valence-electron chi connectivity index (χ3n) is 6.49. The Hall–Kier alpha value is -3.52. The first-order valence-corrected chi connectivity index (χ1v) is 12.9. The molecule has 0 bridgehead atoms. The maximum atomic E-state index is 13.5. The van der Waals surface area contributed by atoms with Gasteiger partial charge < -0.3 is 14.8 Å². The molecule has 4 rings (SSSR count). The van der Waals surface area contributed by atoms with Crippen molar-refractivity contribution in [3.8, 4) is 11.1 Å². The molecular weight excluding hydrogens is 481 g/mol. The van der Waals surface area contributed by atoms with Crippen LogP contribution in [0.25, 0.3) is 11.1 Å². The van der Waals surface area contributed by atoms with Gasteiger partial charge in [0, 0.05) is 10.9 Å². The quantitative estimate of drug-likeness (QED) is 0.370. The second kappa shape index (κ2) is 11.0. The molecule has 36 heavy (non-hydrogen) atoms. The van der Waals surface area contributed by atoms with Crippen molar-refractivity contribution in [3.05, 3.63) is 76.9 Å². The second-order valence-corrected chi connectivity index (χ2v) is 9.65. The number of carbonyl (C=O) groups is 3. The number of hydrogen-bond acceptors (Lipinski definition) is 6. The average Bonchev–Trinajstić information content (AvgIpc) is 3.54. The Labute approximate surface area is 213 Å². The Kier molecular flexibility index (Phi) is 7.84. The summed E-state index contributed by atoms with van der Waals surface area (Å²) in [5.41, 5.74) is 1.52. The summed E-state index contributed by atoms with van der Waals surface area (Å²) in [6, 6.07) is 15.2. The molecule has 1 aliphatic rings. The van der Waals surface area contributed by atoms with E-state index >= 15 is 0 Å². The predicted octanol–water partition coefficient (Wildman–Crippen LogP) is 6.11. The molecule has 1 fully saturated rings. The molecule has 2 aromatic carbocycles. The van der Waals surface area contributed by atoms with E-state index in [0.29, 0.717) is 29.0 Å². The van der Waals surface area contributed by atoms with Crippen molar-refractivity contribution in [2.45, 2.75) is 51.0 Å². The number of nitrogens with one attached hydrogen (secondary N) is 1. The van der Waals surface area contributed by atoms with Crippen molar-refractivity contribution in [2.24, 2.45) is 0 Å². The highest BCUT2D eigenvalue weighted by Crippen LogP contribution is 2.42. The zero-order valence-corrected chi connectivity index (χ0v) is 21.0. The molecule has 1 aromatic heterocycles. The Bertz CT molecular complexity index is 1230. The van der Waals surface area contributed by atoms with Gasteiger partial charge in [-0.15, -0.1) is 11.3 Å². The second-order valence-electron chi connectivity index (χ2n) is 8.77. The van der Waals surface area contributed by atoms with Crippen LogP contribution in [-0.4, -0.2) is 30.6 Å². The van der Waals surface area contributed by atoms with Gasteiger partial charge in [-0.3, -0.25) is 9.59 Å². The van der Waals surface area contributed by atoms with Crippen LogP contribution in [0, 0.1) is 5.82 Å². The van der Waals surface area contributed by atoms with Gasteiger partial charge in [0.05, 0.1) is 12.0 Å². The number of ether oxygens (including phenoxy) is 2. The number of anilines is 1. The number of hydrogen-bond donors (Lipinski definition) is 1. The monoisotopic (exact) mass is 509 g/mol. The minimum absolute atomic E-state index is 0.190. The minimum Gasteiger partial charge on any atom is -0.462 e. The van der Waals surface area contributed by atoms with Gasteiger partial charge in [-0.25, -0.2) is 9.18 Å². The first-order chi connectivity index (χ1) is 17.4. The van der Waals surface area contributed by atoms with E-state index in [1.54, 1.807) is 24.4 Å². The smallest absolute Gasteiger partial charge is 0.341 e. The predicted molar refractivity (Wildman–Crippen MR) is 136 cm³/mol. The van der Waals surface area contributed by atoms with Gasteiger partial charge >= 0.3 is 11.9 Å². The Balaban J connectivity index is 1.53. The molecule has 3 aromatic rings. The fraction of sp³-hybridized carbons (Fsp3) is 0.321. The first-order valence-electron chi connectivity index (χ1n) is 12.0. The van der Waals surface area contributed by atoms with Crippen molar-refractivity contribution in [1.29, 1.82) is 0 Å². The third kappa shape index (κ3) is 5.18. The van der Waals surface area contributed by atoms with Gasteiger partial charge in [-0.05, 0) is 49.9 Å². The molecule has 0 spiro atoms. The average molecular weight is 510 g/mol. The van der Waals surface area contributed by atoms with Crippen molar-refractivity contribution in [1.82, 2.24) is 0 Å². The van der Waals surface area contributed by atoms with Crippen LogP contribution in [-0.2, 0) is 24.5 Å². The van der Waals surface area contributed by atoms with Crippen molar-refractivity contribution in [2.75, 3.05) is 11.9 Å². The standard InChI is InChI=1S/C28H28FNO5S/c1-3-34-26(32)23-22(19-9-5-4-6-10-19)17-36-25(23)30-24(31)18(2)35-27(33)28(15-7-8-16-28)20-11-13-21(29)14-12-20/h4-6,9-14,17-18H,3,7-8,15-16H2,1-2H3,(H,30,31)/t18-/m0/s1. The van der Waals surface area contributed by atoms with Crippen LogP contribution < -0.4 is 5.32 Å². The van der Waals surface area contributed by atoms with Crippen LogP contribution in [0.1, 0.15) is 55.5 Å². The topological polar surface area (TPSA) is 81.7 Å². The maximum Gasteiger partial charge on any atom is 0.341 e. The summed E-state index contributed by atoms with van der Waals surface area (Å²) in [4.78, 5) is 39.1. The van der Waals surface area contributed by atoms with Crippen LogP contribution in [0.5, 0.6) is 0 Å². The normalized spacial score (nSPS) is 15.2. The van der Waals surface area contributed by atoms with E-state index in [-0.39, 0.29) is 18.0 Å². The van der Waals surface area contributed by atoms with Gasteiger partial charge in [0.25, 0.3) is 5.91 Å². The highest BCUT2D eigenvalue weighted by Gasteiger charge is 2.45. The summed E-state index contributed by atoms with van der Waals surface area (Å²) in [5, 5.41) is 4.86. The summed E-state index contributed by atoms with van der Waals surface area (Å²) in [6.07, 6.45) is 1.72. The van der Waals surface area contributed by atoms with Crippen LogP contribution in [0.4, 0.5) is 9.39 Å². The number of carbonyl (C=O) groups excluding carboxylic acids is 3. The van der Waals surface area contributed by atoms with E-state index in [1.165, 1.54) is 30.4 Å². The molecule has 1 aliphatic carbocycles. The third-order valence-corrected chi connectivity index (χ3v) is 7.39. The molecule has 1 amide bonds. The van der Waals surface area contributed by atoms with Crippen molar-refractivity contribution >= 4 is 34.2 Å². The number of esters is 2. The lowest BCUT2D eigenvalue weighted by molar-refractivity contribution is -0.159. The van der Waals surface area contributed by atoms with Gasteiger partial charge in [-0.2, -0.15) is 0 Å². The van der Waals surface area contributed by atoms with Crippen molar-refractivity contribution < 1.29 is 28.2 Å². The molecule has 0 saturated heterocycles. The highest BCUT2D eigenvalue weighted by molar-refractivity contribution is 7.15. The molecule has 6 nitrogen and oxygen atoms in total. The summed E-state index contributed by atoms with van der Waals surface area (Å²) in [7, 11) is 0. The maximum absolute atomic E-state index is 13.5. The fourth-order valence-electron chi connectivity index (χ4n) is 4.58. The largest absolute Gasteiger partial charge is 0.462 e. The van der Waals surface area contributed by atoms with E-state index in [2.05, 4.69) is 5.32 Å². The highest BCUT2D eigenvalue weighted by atomic mass is 32.1. The van der Waals surface area contributed by atoms with E-state index in [4.69, 9.17) is 9.47 Å². The van der Waals surface area contributed by atoms with Crippen molar-refractivity contribution in [3.63, 3.8) is 0 Å². The first kappa shape index (κ1) is 25.6.